The summed E-state index contributed by atoms with van der Waals surface area (Å²) < 4.78 is 36.3. The molecule has 10 heteroatoms. The zero-order valence-electron chi connectivity index (χ0n) is 30.2. The highest BCUT2D eigenvalue weighted by molar-refractivity contribution is 6.74. The Balaban J connectivity index is 1.52. The third-order valence-corrected chi connectivity index (χ3v) is 14.5. The summed E-state index contributed by atoms with van der Waals surface area (Å²) in [6, 6.07) is 16.7. The molecular formula is C38H55NO8Si. The van der Waals surface area contributed by atoms with Crippen LogP contribution in [0.25, 0.3) is 0 Å². The first-order chi connectivity index (χ1) is 22.6. The second-order valence-electron chi connectivity index (χ2n) is 15.1. The van der Waals surface area contributed by atoms with Crippen molar-refractivity contribution in [2.75, 3.05) is 27.4 Å². The third kappa shape index (κ3) is 9.57. The number of carbonyl (C=O) groups is 2. The molecule has 2 heterocycles. The van der Waals surface area contributed by atoms with Crippen molar-refractivity contribution < 1.29 is 37.7 Å². The van der Waals surface area contributed by atoms with E-state index in [0.29, 0.717) is 19.4 Å². The Hall–Kier alpha value is -3.02. The van der Waals surface area contributed by atoms with Crippen LogP contribution in [0.4, 0.5) is 4.79 Å². The van der Waals surface area contributed by atoms with Gasteiger partial charge in [0.2, 0.25) is 0 Å². The van der Waals surface area contributed by atoms with Gasteiger partial charge >= 0.3 is 6.09 Å². The summed E-state index contributed by atoms with van der Waals surface area (Å²) in [6.45, 7) is 16.5. The van der Waals surface area contributed by atoms with Crippen LogP contribution < -0.4 is 4.74 Å². The number of imide groups is 1. The molecule has 1 saturated heterocycles. The molecule has 0 radical (unpaired) electrons. The fourth-order valence-electron chi connectivity index (χ4n) is 5.70. The molecule has 0 aromatic heterocycles. The Bertz CT molecular complexity index is 1370. The minimum absolute atomic E-state index is 0.0899. The highest BCUT2D eigenvalue weighted by Gasteiger charge is 2.45. The van der Waals surface area contributed by atoms with Gasteiger partial charge in [0.1, 0.15) is 12.4 Å². The predicted octanol–water partition coefficient (Wildman–Crippen LogP) is 7.34. The van der Waals surface area contributed by atoms with Crippen molar-refractivity contribution in [1.29, 1.82) is 0 Å². The standard InChI is InChI=1S/C38H55NO8Si/c1-37(2,3)48(8,9)46-26-38(4,5)33-17-13-16-31(47-33)23-32(43-7)34(44-24-28-18-20-30(42-6)21-19-28)35(40)39-29(25-45-36(39)41)22-27-14-11-10-12-15-27/h10-16,18-21,29,31-34H,17,22-26H2,1-9H3/t29-,31-,32+,33-,34-/m0/s1. The SMILES string of the molecule is COc1ccc(CO[C@H](C(=O)N2C(=O)OC[C@@H]2Cc2ccccc2)[C@@H](C[C@@H]2C=CC[C@@H](C(C)(C)CO[Si](C)(C)C(C)(C)C)O2)OC)cc1. The van der Waals surface area contributed by atoms with Crippen LogP contribution in [0.5, 0.6) is 5.75 Å². The van der Waals surface area contributed by atoms with Gasteiger partial charge in [-0.3, -0.25) is 4.79 Å². The van der Waals surface area contributed by atoms with Gasteiger partial charge in [0.15, 0.2) is 14.4 Å². The molecule has 2 amide bonds. The number of cyclic esters (lactones) is 1. The number of carbonyl (C=O) groups excluding carboxylic acids is 2. The average molecular weight is 682 g/mol. The van der Waals surface area contributed by atoms with E-state index in [-0.39, 0.29) is 35.9 Å². The van der Waals surface area contributed by atoms with E-state index in [4.69, 9.17) is 28.1 Å². The van der Waals surface area contributed by atoms with Crippen LogP contribution in [-0.2, 0) is 41.2 Å². The Morgan fingerprint density at radius 1 is 1.00 bits per heavy atom. The van der Waals surface area contributed by atoms with Gasteiger partial charge < -0.3 is 28.1 Å². The van der Waals surface area contributed by atoms with E-state index in [1.165, 1.54) is 4.90 Å². The number of nitrogens with zero attached hydrogens (tertiary/aromatic N) is 1. The molecule has 4 rings (SSSR count). The molecular weight excluding hydrogens is 627 g/mol. The molecule has 0 spiro atoms. The molecule has 0 bridgehead atoms. The van der Waals surface area contributed by atoms with Gasteiger partial charge in [0.05, 0.1) is 38.1 Å². The summed E-state index contributed by atoms with van der Waals surface area (Å²) in [5.41, 5.74) is 1.61. The molecule has 5 atom stereocenters. The maximum absolute atomic E-state index is 14.3. The predicted molar refractivity (Wildman–Crippen MR) is 188 cm³/mol. The minimum atomic E-state index is -1.94. The smallest absolute Gasteiger partial charge is 0.417 e. The van der Waals surface area contributed by atoms with Gasteiger partial charge in [-0.25, -0.2) is 9.69 Å². The highest BCUT2D eigenvalue weighted by atomic mass is 28.4. The van der Waals surface area contributed by atoms with Crippen molar-refractivity contribution in [3.8, 4) is 5.75 Å². The quantitative estimate of drug-likeness (QED) is 0.143. The van der Waals surface area contributed by atoms with Crippen LogP contribution in [-0.4, -0.2) is 83.1 Å². The first-order valence-corrected chi connectivity index (χ1v) is 19.8. The second-order valence-corrected chi connectivity index (χ2v) is 19.9. The van der Waals surface area contributed by atoms with Crippen LogP contribution >= 0.6 is 0 Å². The number of ether oxygens (including phenoxy) is 5. The Labute approximate surface area is 288 Å². The Morgan fingerprint density at radius 3 is 2.31 bits per heavy atom. The molecule has 0 unspecified atom stereocenters. The van der Waals surface area contributed by atoms with Crippen LogP contribution in [0.15, 0.2) is 66.7 Å². The van der Waals surface area contributed by atoms with Crippen molar-refractivity contribution in [3.05, 3.63) is 77.9 Å². The number of hydrogen-bond acceptors (Lipinski definition) is 8. The fourth-order valence-corrected chi connectivity index (χ4v) is 6.87. The molecule has 0 N–H and O–H groups in total. The van der Waals surface area contributed by atoms with Gasteiger partial charge in [0.25, 0.3) is 5.91 Å². The lowest BCUT2D eigenvalue weighted by atomic mass is 9.84. The Morgan fingerprint density at radius 2 is 1.69 bits per heavy atom. The molecule has 0 saturated carbocycles. The normalized spacial score (nSPS) is 21.6. The number of methoxy groups -OCH3 is 2. The first kappa shape index (κ1) is 37.8. The number of amides is 2. The summed E-state index contributed by atoms with van der Waals surface area (Å²) in [5.74, 6) is 0.233. The molecule has 2 aliphatic rings. The molecule has 9 nitrogen and oxygen atoms in total. The summed E-state index contributed by atoms with van der Waals surface area (Å²) in [5, 5.41) is 0.111. The van der Waals surface area contributed by atoms with Crippen molar-refractivity contribution in [3.63, 3.8) is 0 Å². The summed E-state index contributed by atoms with van der Waals surface area (Å²) >= 11 is 0. The van der Waals surface area contributed by atoms with Crippen LogP contribution in [0.1, 0.15) is 58.6 Å². The summed E-state index contributed by atoms with van der Waals surface area (Å²) in [6.07, 6.45) is 2.87. The van der Waals surface area contributed by atoms with E-state index in [1.54, 1.807) is 14.2 Å². The van der Waals surface area contributed by atoms with E-state index >= 15 is 0 Å². The van der Waals surface area contributed by atoms with Gasteiger partial charge in [0, 0.05) is 25.6 Å². The van der Waals surface area contributed by atoms with Crippen molar-refractivity contribution in [2.24, 2.45) is 5.41 Å². The molecule has 48 heavy (non-hydrogen) atoms. The maximum Gasteiger partial charge on any atom is 0.417 e. The Kier molecular flexibility index (Phi) is 12.7. The number of rotatable bonds is 15. The second kappa shape index (κ2) is 16.1. The van der Waals surface area contributed by atoms with E-state index in [9.17, 15) is 9.59 Å². The van der Waals surface area contributed by atoms with E-state index < -0.39 is 38.6 Å². The highest BCUT2D eigenvalue weighted by Crippen LogP contribution is 2.39. The topological polar surface area (TPSA) is 92.8 Å². The van der Waals surface area contributed by atoms with Crippen LogP contribution in [0, 0.1) is 5.41 Å². The lowest BCUT2D eigenvalue weighted by Gasteiger charge is -2.43. The molecule has 2 aliphatic heterocycles. The first-order valence-electron chi connectivity index (χ1n) is 16.9. The molecule has 1 fully saturated rings. The largest absolute Gasteiger partial charge is 0.497 e. The van der Waals surface area contributed by atoms with Crippen molar-refractivity contribution in [2.45, 2.75) is 109 Å². The van der Waals surface area contributed by atoms with E-state index in [0.717, 1.165) is 23.3 Å². The zero-order valence-corrected chi connectivity index (χ0v) is 31.2. The van der Waals surface area contributed by atoms with Crippen LogP contribution in [0.2, 0.25) is 18.1 Å². The average Bonchev–Trinajstić information content (AvgIpc) is 3.42. The van der Waals surface area contributed by atoms with Gasteiger partial charge in [-0.15, -0.1) is 0 Å². The summed E-state index contributed by atoms with van der Waals surface area (Å²) in [4.78, 5) is 28.6. The van der Waals surface area contributed by atoms with E-state index in [2.05, 4.69) is 53.8 Å². The minimum Gasteiger partial charge on any atom is -0.497 e. The molecule has 2 aromatic carbocycles. The maximum atomic E-state index is 14.3. The third-order valence-electron chi connectivity index (χ3n) is 9.97. The fraction of sp³-hybridized carbons (Fsp3) is 0.579. The number of benzene rings is 2. The monoisotopic (exact) mass is 681 g/mol. The summed E-state index contributed by atoms with van der Waals surface area (Å²) in [7, 11) is 1.23. The lowest BCUT2D eigenvalue weighted by molar-refractivity contribution is -0.157. The van der Waals surface area contributed by atoms with Gasteiger partial charge in [-0.05, 0) is 54.2 Å². The lowest BCUT2D eigenvalue weighted by Crippen LogP contribution is -2.52. The molecule has 264 valence electrons. The van der Waals surface area contributed by atoms with Crippen molar-refractivity contribution in [1.82, 2.24) is 4.90 Å². The van der Waals surface area contributed by atoms with Crippen LogP contribution in [0.3, 0.4) is 0 Å². The molecule has 0 aliphatic carbocycles. The van der Waals surface area contributed by atoms with E-state index in [1.807, 2.05) is 60.7 Å². The zero-order chi connectivity index (χ0) is 35.1. The van der Waals surface area contributed by atoms with Gasteiger partial charge in [-0.2, -0.15) is 0 Å². The molecule has 2 aromatic rings. The van der Waals surface area contributed by atoms with Crippen molar-refractivity contribution >= 4 is 20.3 Å². The number of hydrogen-bond donors (Lipinski definition) is 0. The van der Waals surface area contributed by atoms with Gasteiger partial charge in [-0.1, -0.05) is 89.2 Å².